The molecule has 2 aromatic carbocycles. The Morgan fingerprint density at radius 1 is 1.09 bits per heavy atom. The molecule has 3 aromatic rings. The highest BCUT2D eigenvalue weighted by Gasteiger charge is 2.62. The van der Waals surface area contributed by atoms with Crippen molar-refractivity contribution >= 4 is 44.7 Å². The first-order valence-electron chi connectivity index (χ1n) is 19.0. The van der Waals surface area contributed by atoms with Gasteiger partial charge in [0.1, 0.15) is 40.8 Å². The number of sulfonamides is 1. The van der Waals surface area contributed by atoms with Crippen LogP contribution in [0, 0.1) is 11.8 Å². The van der Waals surface area contributed by atoms with Gasteiger partial charge < -0.3 is 29.7 Å². The Bertz CT molecular complexity index is 2120. The lowest BCUT2D eigenvalue weighted by Gasteiger charge is -2.32. The molecule has 6 atom stereocenters. The van der Waals surface area contributed by atoms with Gasteiger partial charge in [-0.25, -0.2) is 18.2 Å². The standard InChI is InChI=1S/C41H51N5O9S/c1-8-24(3)35(43-39(50)55-40(4,5)6)37(48)46-23-28(20-33(46)36(47)44-41(22-26(41)9-2)38(49)45-56(51,52)29-16-17-29)54-34-21-31(25-13-11-10-12-14-25)42-32-19-27(53-7)15-18-30(32)34/h9-15,18-19,21,24,26,28-29,33,35H,2,8,16-17,20,22-23H2,1,3-7H3,(H,43,50)(H,44,47)(H,45,49)/t24?,26?,28-,33+,35+,41-/m1/s1. The zero-order valence-electron chi connectivity index (χ0n) is 32.7. The molecule has 1 saturated heterocycles. The van der Waals surface area contributed by atoms with Gasteiger partial charge in [0.2, 0.25) is 21.8 Å². The van der Waals surface area contributed by atoms with Crippen LogP contribution in [0.2, 0.25) is 0 Å². The van der Waals surface area contributed by atoms with Crippen LogP contribution in [-0.2, 0) is 29.1 Å². The monoisotopic (exact) mass is 789 g/mol. The van der Waals surface area contributed by atoms with E-state index in [2.05, 4.69) is 21.9 Å². The molecule has 0 spiro atoms. The van der Waals surface area contributed by atoms with Gasteiger partial charge in [0.25, 0.3) is 5.91 Å². The van der Waals surface area contributed by atoms with E-state index in [1.165, 1.54) is 11.0 Å². The van der Waals surface area contributed by atoms with Gasteiger partial charge >= 0.3 is 6.09 Å². The highest BCUT2D eigenvalue weighted by molar-refractivity contribution is 7.91. The van der Waals surface area contributed by atoms with E-state index < -0.39 is 74.3 Å². The third-order valence-electron chi connectivity index (χ3n) is 10.6. The Labute approximate surface area is 327 Å². The number of aromatic nitrogens is 1. The van der Waals surface area contributed by atoms with Crippen LogP contribution in [0.15, 0.2) is 67.3 Å². The molecule has 15 heteroatoms. The second-order valence-corrected chi connectivity index (χ2v) is 17.9. The second kappa shape index (κ2) is 15.8. The minimum Gasteiger partial charge on any atom is -0.497 e. The van der Waals surface area contributed by atoms with Crippen LogP contribution < -0.4 is 24.8 Å². The highest BCUT2D eigenvalue weighted by Crippen LogP contribution is 2.45. The molecule has 3 fully saturated rings. The van der Waals surface area contributed by atoms with Crippen LogP contribution in [-0.4, -0.2) is 90.3 Å². The van der Waals surface area contributed by atoms with Gasteiger partial charge in [0, 0.05) is 35.4 Å². The molecular formula is C41H51N5O9S. The van der Waals surface area contributed by atoms with Gasteiger partial charge in [-0.2, -0.15) is 0 Å². The number of nitrogens with zero attached hydrogens (tertiary/aromatic N) is 2. The number of hydrogen-bond acceptors (Lipinski definition) is 10. The van der Waals surface area contributed by atoms with E-state index in [1.807, 2.05) is 56.3 Å². The number of rotatable bonds is 14. The van der Waals surface area contributed by atoms with E-state index in [9.17, 15) is 27.6 Å². The predicted molar refractivity (Wildman–Crippen MR) is 210 cm³/mol. The van der Waals surface area contributed by atoms with Crippen molar-refractivity contribution in [3.05, 3.63) is 67.3 Å². The first-order chi connectivity index (χ1) is 26.5. The molecule has 2 aliphatic carbocycles. The zero-order valence-corrected chi connectivity index (χ0v) is 33.5. The minimum atomic E-state index is -3.91. The van der Waals surface area contributed by atoms with Gasteiger partial charge in [0.05, 0.1) is 30.1 Å². The van der Waals surface area contributed by atoms with Crippen LogP contribution >= 0.6 is 0 Å². The number of amides is 4. The number of ether oxygens (including phenoxy) is 3. The quantitative estimate of drug-likeness (QED) is 0.191. The van der Waals surface area contributed by atoms with Gasteiger partial charge in [-0.15, -0.1) is 6.58 Å². The summed E-state index contributed by atoms with van der Waals surface area (Å²) in [5.41, 5.74) is -0.299. The lowest BCUT2D eigenvalue weighted by atomic mass is 9.97. The molecule has 0 bridgehead atoms. The van der Waals surface area contributed by atoms with E-state index >= 15 is 0 Å². The molecule has 56 heavy (non-hydrogen) atoms. The van der Waals surface area contributed by atoms with Gasteiger partial charge in [-0.3, -0.25) is 19.1 Å². The fourth-order valence-corrected chi connectivity index (χ4v) is 8.39. The summed E-state index contributed by atoms with van der Waals surface area (Å²) in [6.07, 6.45) is 1.59. The average molecular weight is 790 g/mol. The third-order valence-corrected chi connectivity index (χ3v) is 12.4. The molecule has 4 amide bonds. The number of likely N-dealkylation sites (tertiary alicyclic amines) is 1. The average Bonchev–Trinajstić information content (AvgIpc) is 4.09. The lowest BCUT2D eigenvalue weighted by molar-refractivity contribution is -0.142. The van der Waals surface area contributed by atoms with Crippen LogP contribution in [0.1, 0.15) is 66.7 Å². The lowest BCUT2D eigenvalue weighted by Crippen LogP contribution is -2.59. The van der Waals surface area contributed by atoms with Crippen LogP contribution in [0.25, 0.3) is 22.2 Å². The molecule has 2 unspecified atom stereocenters. The van der Waals surface area contributed by atoms with Crippen molar-refractivity contribution in [1.82, 2.24) is 25.2 Å². The molecule has 6 rings (SSSR count). The number of pyridine rings is 1. The number of fused-ring (bicyclic) bond motifs is 1. The predicted octanol–water partition coefficient (Wildman–Crippen LogP) is 4.87. The number of hydrogen-bond donors (Lipinski definition) is 3. The summed E-state index contributed by atoms with van der Waals surface area (Å²) >= 11 is 0. The second-order valence-electron chi connectivity index (χ2n) is 15.9. The van der Waals surface area contributed by atoms with E-state index in [1.54, 1.807) is 40.0 Å². The summed E-state index contributed by atoms with van der Waals surface area (Å²) < 4.78 is 45.4. The van der Waals surface area contributed by atoms with Crippen molar-refractivity contribution in [3.63, 3.8) is 0 Å². The number of carbonyl (C=O) groups excluding carboxylic acids is 4. The third kappa shape index (κ3) is 8.77. The van der Waals surface area contributed by atoms with Crippen LogP contribution in [0.4, 0.5) is 4.79 Å². The molecule has 2 saturated carbocycles. The molecule has 3 aliphatic rings. The smallest absolute Gasteiger partial charge is 0.408 e. The SMILES string of the molecule is C=CC1C[C@]1(NC(=O)[C@@H]1C[C@@H](Oc2cc(-c3ccccc3)nc3cc(OC)ccc23)CN1C(=O)[C@@H](NC(=O)OC(C)(C)C)C(C)CC)C(=O)NS(=O)(=O)C1CC1. The number of nitrogens with one attached hydrogen (secondary N) is 3. The normalized spacial score (nSPS) is 23.0. The van der Waals surface area contributed by atoms with Crippen molar-refractivity contribution in [1.29, 1.82) is 0 Å². The van der Waals surface area contributed by atoms with Gasteiger partial charge in [-0.05, 0) is 58.1 Å². The summed E-state index contributed by atoms with van der Waals surface area (Å²) in [5, 5.41) is 5.58. The van der Waals surface area contributed by atoms with Gasteiger partial charge in [-0.1, -0.05) is 56.7 Å². The van der Waals surface area contributed by atoms with Crippen molar-refractivity contribution in [3.8, 4) is 22.8 Å². The fourth-order valence-electron chi connectivity index (χ4n) is 7.03. The summed E-state index contributed by atoms with van der Waals surface area (Å²) in [7, 11) is -2.35. The van der Waals surface area contributed by atoms with E-state index in [0.717, 1.165) is 5.56 Å². The fraction of sp³-hybridized carbons (Fsp3) is 0.488. The molecule has 3 N–H and O–H groups in total. The largest absolute Gasteiger partial charge is 0.497 e. The highest BCUT2D eigenvalue weighted by atomic mass is 32.2. The van der Waals surface area contributed by atoms with E-state index in [4.69, 9.17) is 19.2 Å². The van der Waals surface area contributed by atoms with Crippen LogP contribution in [0.3, 0.4) is 0 Å². The Morgan fingerprint density at radius 2 is 1.80 bits per heavy atom. The molecule has 2 heterocycles. The number of alkyl carbamates (subject to hydrolysis) is 1. The maximum absolute atomic E-state index is 14.6. The Balaban J connectivity index is 1.34. The number of carbonyl (C=O) groups is 4. The first-order valence-corrected chi connectivity index (χ1v) is 20.5. The maximum atomic E-state index is 14.6. The molecule has 300 valence electrons. The van der Waals surface area contributed by atoms with Gasteiger partial charge in [0.15, 0.2) is 0 Å². The zero-order chi connectivity index (χ0) is 40.6. The van der Waals surface area contributed by atoms with Crippen molar-refractivity contribution in [2.45, 2.75) is 101 Å². The maximum Gasteiger partial charge on any atom is 0.408 e. The Kier molecular flexibility index (Phi) is 11.4. The number of methoxy groups -OCH3 is 1. The minimum absolute atomic E-state index is 0.0225. The summed E-state index contributed by atoms with van der Waals surface area (Å²) in [4.78, 5) is 61.9. The van der Waals surface area contributed by atoms with Crippen LogP contribution in [0.5, 0.6) is 11.5 Å². The molecule has 1 aliphatic heterocycles. The van der Waals surface area contributed by atoms with E-state index in [-0.39, 0.29) is 25.3 Å². The number of benzene rings is 2. The first kappa shape index (κ1) is 40.5. The van der Waals surface area contributed by atoms with Crippen molar-refractivity contribution in [2.24, 2.45) is 11.8 Å². The molecule has 14 nitrogen and oxygen atoms in total. The summed E-state index contributed by atoms with van der Waals surface area (Å²) in [5.74, 6) is -1.86. The molecule has 1 aromatic heterocycles. The summed E-state index contributed by atoms with van der Waals surface area (Å²) in [6.45, 7) is 12.6. The van der Waals surface area contributed by atoms with E-state index in [0.29, 0.717) is 47.4 Å². The molecular weight excluding hydrogens is 739 g/mol. The Hall–Kier alpha value is -5.18. The van der Waals surface area contributed by atoms with Crippen molar-refractivity contribution in [2.75, 3.05) is 13.7 Å². The summed E-state index contributed by atoms with van der Waals surface area (Å²) in [6, 6.07) is 14.6. The molecule has 0 radical (unpaired) electrons. The topological polar surface area (TPSA) is 182 Å². The van der Waals surface area contributed by atoms with Crippen molar-refractivity contribution < 1.29 is 41.8 Å². The Morgan fingerprint density at radius 3 is 2.41 bits per heavy atom.